The first-order valence-corrected chi connectivity index (χ1v) is 7.39. The molecule has 5 nitrogen and oxygen atoms in total. The summed E-state index contributed by atoms with van der Waals surface area (Å²) in [6.07, 6.45) is 3.18. The molecule has 0 saturated heterocycles. The van der Waals surface area contributed by atoms with Gasteiger partial charge in [0.2, 0.25) is 0 Å². The van der Waals surface area contributed by atoms with Gasteiger partial charge in [0.25, 0.3) is 5.56 Å². The van der Waals surface area contributed by atoms with E-state index in [4.69, 9.17) is 11.6 Å². The van der Waals surface area contributed by atoms with Gasteiger partial charge in [-0.3, -0.25) is 4.79 Å². The molecule has 23 heavy (non-hydrogen) atoms. The smallest absolute Gasteiger partial charge is 0.298 e. The van der Waals surface area contributed by atoms with Crippen molar-refractivity contribution in [1.29, 1.82) is 0 Å². The lowest BCUT2D eigenvalue weighted by molar-refractivity contribution is 0.698. The van der Waals surface area contributed by atoms with Crippen LogP contribution in [-0.2, 0) is 0 Å². The lowest BCUT2D eigenvalue weighted by Crippen LogP contribution is -2.18. The van der Waals surface area contributed by atoms with E-state index in [1.165, 1.54) is 0 Å². The molecule has 112 valence electrons. The zero-order valence-electron chi connectivity index (χ0n) is 11.9. The second-order valence-electron chi connectivity index (χ2n) is 5.09. The third-order valence-electron chi connectivity index (χ3n) is 3.61. The summed E-state index contributed by atoms with van der Waals surface area (Å²) in [5.74, 6) is 0. The number of hydrogen-bond acceptors (Lipinski definition) is 3. The van der Waals surface area contributed by atoms with Crippen LogP contribution in [0.1, 0.15) is 5.56 Å². The van der Waals surface area contributed by atoms with Crippen LogP contribution in [0.5, 0.6) is 0 Å². The Kier molecular flexibility index (Phi) is 3.20. The van der Waals surface area contributed by atoms with Gasteiger partial charge in [-0.15, -0.1) is 4.79 Å². The van der Waals surface area contributed by atoms with Crippen molar-refractivity contribution in [3.63, 3.8) is 0 Å². The molecule has 0 saturated carbocycles. The van der Waals surface area contributed by atoms with Crippen molar-refractivity contribution in [3.05, 3.63) is 75.7 Å². The Morgan fingerprint density at radius 2 is 1.87 bits per heavy atom. The Morgan fingerprint density at radius 3 is 2.70 bits per heavy atom. The minimum atomic E-state index is -0.259. The molecular weight excluding hydrogens is 312 g/mol. The van der Waals surface area contributed by atoms with E-state index < -0.39 is 0 Å². The molecule has 0 aliphatic rings. The summed E-state index contributed by atoms with van der Waals surface area (Å²) in [6.45, 7) is 0. The van der Waals surface area contributed by atoms with Crippen molar-refractivity contribution in [2.75, 3.05) is 0 Å². The molecule has 1 N–H and O–H groups in total. The number of nitrogens with one attached hydrogen (secondary N) is 1. The van der Waals surface area contributed by atoms with Crippen LogP contribution < -0.4 is 5.56 Å². The number of nitrogens with zero attached hydrogens (tertiary/aromatic N) is 3. The van der Waals surface area contributed by atoms with E-state index in [0.717, 1.165) is 21.3 Å². The van der Waals surface area contributed by atoms with Crippen molar-refractivity contribution >= 4 is 39.6 Å². The molecular formula is C17H11ClN4O. The molecule has 0 fully saturated rings. The van der Waals surface area contributed by atoms with E-state index in [1.54, 1.807) is 24.5 Å². The summed E-state index contributed by atoms with van der Waals surface area (Å²) in [6, 6.07) is 14.8. The molecule has 0 aliphatic heterocycles. The SMILES string of the molecule is O=c1c2c(cnn1N=Cc1ccc(Cl)cc1)[nH]c1ccccc12. The summed E-state index contributed by atoms with van der Waals surface area (Å²) < 4.78 is 0. The third kappa shape index (κ3) is 2.41. The van der Waals surface area contributed by atoms with Gasteiger partial charge in [-0.2, -0.15) is 10.2 Å². The van der Waals surface area contributed by atoms with Gasteiger partial charge in [-0.05, 0) is 23.8 Å². The Balaban J connectivity index is 1.84. The summed E-state index contributed by atoms with van der Waals surface area (Å²) >= 11 is 5.85. The van der Waals surface area contributed by atoms with Crippen molar-refractivity contribution in [2.24, 2.45) is 5.10 Å². The van der Waals surface area contributed by atoms with Crippen LogP contribution in [0, 0.1) is 0 Å². The molecule has 4 rings (SSSR count). The Bertz CT molecular complexity index is 1090. The molecule has 0 spiro atoms. The molecule has 0 radical (unpaired) electrons. The second-order valence-corrected chi connectivity index (χ2v) is 5.53. The summed E-state index contributed by atoms with van der Waals surface area (Å²) in [5.41, 5.74) is 2.18. The second kappa shape index (κ2) is 5.37. The number of halogens is 1. The molecule has 0 aliphatic carbocycles. The fraction of sp³-hybridized carbons (Fsp3) is 0. The lowest BCUT2D eigenvalue weighted by Gasteiger charge is -1.97. The van der Waals surface area contributed by atoms with Gasteiger partial charge in [-0.25, -0.2) is 0 Å². The molecule has 4 aromatic rings. The quantitative estimate of drug-likeness (QED) is 0.575. The van der Waals surface area contributed by atoms with Crippen molar-refractivity contribution in [3.8, 4) is 0 Å². The third-order valence-corrected chi connectivity index (χ3v) is 3.86. The maximum atomic E-state index is 12.6. The summed E-state index contributed by atoms with van der Waals surface area (Å²) in [5, 5.41) is 10.3. The standard InChI is InChI=1S/C17H11ClN4O/c18-12-7-5-11(6-8-12)9-19-22-17(23)16-13-3-1-2-4-14(13)21-15(16)10-20-22/h1-10,21H. The topological polar surface area (TPSA) is 63.0 Å². The van der Waals surface area contributed by atoms with Crippen molar-refractivity contribution in [2.45, 2.75) is 0 Å². The monoisotopic (exact) mass is 322 g/mol. The normalized spacial score (nSPS) is 11.7. The first-order chi connectivity index (χ1) is 11.2. The average Bonchev–Trinajstić information content (AvgIpc) is 2.95. The number of rotatable bonds is 2. The average molecular weight is 323 g/mol. The number of hydrogen-bond donors (Lipinski definition) is 1. The van der Waals surface area contributed by atoms with E-state index in [-0.39, 0.29) is 5.56 Å². The Hall–Kier alpha value is -2.92. The van der Waals surface area contributed by atoms with Gasteiger partial charge in [0.05, 0.1) is 23.3 Å². The largest absolute Gasteiger partial charge is 0.353 e. The van der Waals surface area contributed by atoms with Gasteiger partial charge in [0.1, 0.15) is 0 Å². The Morgan fingerprint density at radius 1 is 1.09 bits per heavy atom. The molecule has 2 aromatic carbocycles. The molecule has 0 unspecified atom stereocenters. The highest BCUT2D eigenvalue weighted by Crippen LogP contribution is 2.21. The molecule has 0 atom stereocenters. The first kappa shape index (κ1) is 13.7. The van der Waals surface area contributed by atoms with Crippen LogP contribution in [0.15, 0.2) is 64.6 Å². The maximum absolute atomic E-state index is 12.6. The number of para-hydroxylation sites is 1. The van der Waals surface area contributed by atoms with Gasteiger partial charge in [0, 0.05) is 15.9 Å². The lowest BCUT2D eigenvalue weighted by atomic mass is 10.2. The van der Waals surface area contributed by atoms with Gasteiger partial charge in [-0.1, -0.05) is 41.9 Å². The highest BCUT2D eigenvalue weighted by Gasteiger charge is 2.09. The van der Waals surface area contributed by atoms with E-state index in [9.17, 15) is 4.79 Å². The van der Waals surface area contributed by atoms with E-state index in [0.29, 0.717) is 15.9 Å². The number of benzene rings is 2. The highest BCUT2D eigenvalue weighted by molar-refractivity contribution is 6.30. The molecule has 0 bridgehead atoms. The van der Waals surface area contributed by atoms with Crippen LogP contribution in [0.3, 0.4) is 0 Å². The zero-order valence-corrected chi connectivity index (χ0v) is 12.7. The van der Waals surface area contributed by atoms with Crippen LogP contribution in [-0.4, -0.2) is 21.1 Å². The minimum absolute atomic E-state index is 0.259. The van der Waals surface area contributed by atoms with Crippen molar-refractivity contribution in [1.82, 2.24) is 14.9 Å². The highest BCUT2D eigenvalue weighted by atomic mass is 35.5. The van der Waals surface area contributed by atoms with Gasteiger partial charge < -0.3 is 4.98 Å². The van der Waals surface area contributed by atoms with E-state index in [2.05, 4.69) is 15.2 Å². The van der Waals surface area contributed by atoms with Crippen LogP contribution in [0.2, 0.25) is 5.02 Å². The van der Waals surface area contributed by atoms with Gasteiger partial charge in [0.15, 0.2) is 0 Å². The van der Waals surface area contributed by atoms with Gasteiger partial charge >= 0.3 is 0 Å². The molecule has 6 heteroatoms. The fourth-order valence-corrected chi connectivity index (χ4v) is 2.63. The van der Waals surface area contributed by atoms with Crippen LogP contribution in [0.4, 0.5) is 0 Å². The predicted octanol–water partition coefficient (Wildman–Crippen LogP) is 3.41. The number of aromatic nitrogens is 3. The molecule has 2 heterocycles. The Labute approximate surface area is 135 Å². The fourth-order valence-electron chi connectivity index (χ4n) is 2.51. The first-order valence-electron chi connectivity index (χ1n) is 7.01. The minimum Gasteiger partial charge on any atom is -0.353 e. The van der Waals surface area contributed by atoms with Crippen molar-refractivity contribution < 1.29 is 0 Å². The molecule has 0 amide bonds. The zero-order chi connectivity index (χ0) is 15.8. The maximum Gasteiger partial charge on any atom is 0.298 e. The number of fused-ring (bicyclic) bond motifs is 3. The van der Waals surface area contributed by atoms with E-state index >= 15 is 0 Å². The summed E-state index contributed by atoms with van der Waals surface area (Å²) in [7, 11) is 0. The summed E-state index contributed by atoms with van der Waals surface area (Å²) in [4.78, 5) is 16.9. The van der Waals surface area contributed by atoms with Crippen LogP contribution in [0.25, 0.3) is 21.8 Å². The number of H-pyrrole nitrogens is 1. The number of aromatic amines is 1. The van der Waals surface area contributed by atoms with E-state index in [1.807, 2.05) is 36.4 Å². The predicted molar refractivity (Wildman–Crippen MR) is 92.3 cm³/mol. The molecule has 2 aromatic heterocycles. The van der Waals surface area contributed by atoms with Crippen LogP contribution >= 0.6 is 11.6 Å².